The molecule has 0 radical (unpaired) electrons. The molecule has 0 aliphatic rings. The quantitative estimate of drug-likeness (QED) is 0.611. The minimum Gasteiger partial charge on any atom is -0.376 e. The third-order valence-corrected chi connectivity index (χ3v) is 4.31. The van der Waals surface area contributed by atoms with Gasteiger partial charge in [0.2, 0.25) is 0 Å². The standard InChI is InChI=1S/C16H14F3NO4S.C2H6/c1-10-8-12(11-4-3-5-13(9-11)15(21)20-2)6-7-14(10)24-25(22,23)16(17,18)19;1-2/h3-9H,1-2H3,(H,20,21);1-2H3. The van der Waals surface area contributed by atoms with Crippen LogP contribution in [0.3, 0.4) is 0 Å². The summed E-state index contributed by atoms with van der Waals surface area (Å²) in [7, 11) is -4.23. The number of benzene rings is 2. The second kappa shape index (κ2) is 8.90. The highest BCUT2D eigenvalue weighted by atomic mass is 32.2. The maximum Gasteiger partial charge on any atom is 0.534 e. The Morgan fingerprint density at radius 1 is 1.04 bits per heavy atom. The summed E-state index contributed by atoms with van der Waals surface area (Å²) < 4.78 is 63.5. The number of hydrogen-bond donors (Lipinski definition) is 1. The van der Waals surface area contributed by atoms with Gasteiger partial charge in [-0.1, -0.05) is 32.0 Å². The van der Waals surface area contributed by atoms with E-state index in [0.29, 0.717) is 16.7 Å². The van der Waals surface area contributed by atoms with Crippen LogP contribution in [0.5, 0.6) is 5.75 Å². The average molecular weight is 403 g/mol. The fraction of sp³-hybridized carbons (Fsp3) is 0.278. The van der Waals surface area contributed by atoms with Crippen molar-refractivity contribution in [1.82, 2.24) is 5.32 Å². The van der Waals surface area contributed by atoms with Gasteiger partial charge in [-0.25, -0.2) is 0 Å². The van der Waals surface area contributed by atoms with E-state index in [2.05, 4.69) is 9.50 Å². The van der Waals surface area contributed by atoms with Gasteiger partial charge >= 0.3 is 15.6 Å². The predicted octanol–water partition coefficient (Wildman–Crippen LogP) is 4.28. The van der Waals surface area contributed by atoms with Crippen molar-refractivity contribution in [1.29, 1.82) is 0 Å². The first-order chi connectivity index (χ1) is 12.5. The molecule has 0 atom stereocenters. The molecule has 0 unspecified atom stereocenters. The first kappa shape index (κ1) is 22.5. The highest BCUT2D eigenvalue weighted by Crippen LogP contribution is 2.31. The molecule has 0 saturated carbocycles. The van der Waals surface area contributed by atoms with Crippen LogP contribution in [-0.4, -0.2) is 26.9 Å². The fourth-order valence-corrected chi connectivity index (χ4v) is 2.59. The van der Waals surface area contributed by atoms with Gasteiger partial charge in [0, 0.05) is 12.6 Å². The number of amides is 1. The van der Waals surface area contributed by atoms with Crippen molar-refractivity contribution in [3.63, 3.8) is 0 Å². The monoisotopic (exact) mass is 403 g/mol. The van der Waals surface area contributed by atoms with Crippen molar-refractivity contribution >= 4 is 16.0 Å². The summed E-state index contributed by atoms with van der Waals surface area (Å²) in [4.78, 5) is 11.7. The Balaban J connectivity index is 0.00000176. The number of aryl methyl sites for hydroxylation is 1. The average Bonchev–Trinajstić information content (AvgIpc) is 2.63. The van der Waals surface area contributed by atoms with E-state index in [1.807, 2.05) is 13.8 Å². The van der Waals surface area contributed by atoms with Crippen molar-refractivity contribution in [2.24, 2.45) is 0 Å². The normalized spacial score (nSPS) is 11.2. The lowest BCUT2D eigenvalue weighted by molar-refractivity contribution is -0.0500. The van der Waals surface area contributed by atoms with Gasteiger partial charge in [0.05, 0.1) is 0 Å². The number of halogens is 3. The predicted molar refractivity (Wildman–Crippen MR) is 97.0 cm³/mol. The van der Waals surface area contributed by atoms with Gasteiger partial charge in [0.1, 0.15) is 5.75 Å². The van der Waals surface area contributed by atoms with Crippen LogP contribution in [-0.2, 0) is 10.1 Å². The molecule has 0 heterocycles. The largest absolute Gasteiger partial charge is 0.534 e. The molecule has 1 amide bonds. The van der Waals surface area contributed by atoms with E-state index < -0.39 is 21.4 Å². The topological polar surface area (TPSA) is 72.5 Å². The lowest BCUT2D eigenvalue weighted by Crippen LogP contribution is -2.28. The van der Waals surface area contributed by atoms with Crippen LogP contribution in [0.25, 0.3) is 11.1 Å². The zero-order valence-corrected chi connectivity index (χ0v) is 16.0. The summed E-state index contributed by atoms with van der Waals surface area (Å²) in [6.07, 6.45) is 0. The number of rotatable bonds is 4. The SMILES string of the molecule is CC.CNC(=O)c1cccc(-c2ccc(OS(=O)(=O)C(F)(F)F)c(C)c2)c1. The summed E-state index contributed by atoms with van der Waals surface area (Å²) in [5.41, 5.74) is -3.64. The molecular formula is C18H20F3NO4S. The second-order valence-electron chi connectivity index (χ2n) is 5.12. The molecule has 0 fully saturated rings. The lowest BCUT2D eigenvalue weighted by atomic mass is 10.0. The van der Waals surface area contributed by atoms with Gasteiger partial charge in [-0.3, -0.25) is 4.79 Å². The highest BCUT2D eigenvalue weighted by Gasteiger charge is 2.48. The third kappa shape index (κ3) is 5.46. The van der Waals surface area contributed by atoms with Gasteiger partial charge in [-0.2, -0.15) is 21.6 Å². The Labute approximate surface area is 156 Å². The molecule has 0 saturated heterocycles. The Morgan fingerprint density at radius 3 is 2.15 bits per heavy atom. The van der Waals surface area contributed by atoms with Crippen LogP contribution >= 0.6 is 0 Å². The van der Waals surface area contributed by atoms with Crippen LogP contribution in [0, 0.1) is 6.92 Å². The molecule has 2 aromatic rings. The molecule has 0 aliphatic heterocycles. The highest BCUT2D eigenvalue weighted by molar-refractivity contribution is 7.88. The van der Waals surface area contributed by atoms with Crippen LogP contribution in [0.2, 0.25) is 0 Å². The minimum atomic E-state index is -5.73. The molecule has 2 rings (SSSR count). The lowest BCUT2D eigenvalue weighted by Gasteiger charge is -2.12. The van der Waals surface area contributed by atoms with Crippen molar-refractivity contribution in [2.75, 3.05) is 7.05 Å². The Morgan fingerprint density at radius 2 is 1.63 bits per heavy atom. The molecule has 9 heteroatoms. The molecule has 0 aliphatic carbocycles. The molecule has 5 nitrogen and oxygen atoms in total. The van der Waals surface area contributed by atoms with Crippen LogP contribution in [0.15, 0.2) is 42.5 Å². The molecule has 1 N–H and O–H groups in total. The maximum atomic E-state index is 12.4. The fourth-order valence-electron chi connectivity index (χ4n) is 2.07. The van der Waals surface area contributed by atoms with E-state index in [1.165, 1.54) is 26.1 Å². The van der Waals surface area contributed by atoms with Gasteiger partial charge in [0.15, 0.2) is 0 Å². The van der Waals surface area contributed by atoms with Gasteiger partial charge in [-0.05, 0) is 47.9 Å². The summed E-state index contributed by atoms with van der Waals surface area (Å²) in [6, 6.07) is 10.6. The Hall–Kier alpha value is -2.55. The number of carbonyl (C=O) groups is 1. The first-order valence-corrected chi connectivity index (χ1v) is 9.40. The zero-order chi connectivity index (χ0) is 20.8. The third-order valence-electron chi connectivity index (χ3n) is 3.34. The molecular weight excluding hydrogens is 383 g/mol. The summed E-state index contributed by atoms with van der Waals surface area (Å²) >= 11 is 0. The van der Waals surface area contributed by atoms with Crippen molar-refractivity contribution in [2.45, 2.75) is 26.3 Å². The Kier molecular flexibility index (Phi) is 7.41. The summed E-state index contributed by atoms with van der Waals surface area (Å²) in [5, 5.41) is 2.49. The maximum absolute atomic E-state index is 12.4. The first-order valence-electron chi connectivity index (χ1n) is 7.99. The van der Waals surface area contributed by atoms with Crippen molar-refractivity contribution < 1.29 is 30.6 Å². The molecule has 27 heavy (non-hydrogen) atoms. The van der Waals surface area contributed by atoms with Crippen LogP contribution in [0.4, 0.5) is 13.2 Å². The Bertz CT molecular complexity index is 909. The molecule has 0 aromatic heterocycles. The molecule has 2 aromatic carbocycles. The summed E-state index contributed by atoms with van der Waals surface area (Å²) in [6.45, 7) is 5.42. The van der Waals surface area contributed by atoms with Gasteiger partial charge in [-0.15, -0.1) is 0 Å². The van der Waals surface area contributed by atoms with E-state index in [9.17, 15) is 26.4 Å². The van der Waals surface area contributed by atoms with Crippen LogP contribution in [0.1, 0.15) is 29.8 Å². The smallest absolute Gasteiger partial charge is 0.376 e. The number of nitrogens with one attached hydrogen (secondary N) is 1. The van der Waals surface area contributed by atoms with Crippen molar-refractivity contribution in [3.8, 4) is 16.9 Å². The molecule has 0 spiro atoms. The van der Waals surface area contributed by atoms with E-state index in [4.69, 9.17) is 0 Å². The van der Waals surface area contributed by atoms with E-state index in [1.54, 1.807) is 24.3 Å². The zero-order valence-electron chi connectivity index (χ0n) is 15.2. The minimum absolute atomic E-state index is 0.204. The van der Waals surface area contributed by atoms with Gasteiger partial charge in [0.25, 0.3) is 5.91 Å². The van der Waals surface area contributed by atoms with E-state index in [-0.39, 0.29) is 11.5 Å². The number of carbonyl (C=O) groups excluding carboxylic acids is 1. The second-order valence-corrected chi connectivity index (χ2v) is 6.66. The number of hydrogen-bond acceptors (Lipinski definition) is 4. The van der Waals surface area contributed by atoms with Crippen LogP contribution < -0.4 is 9.50 Å². The van der Waals surface area contributed by atoms with Crippen molar-refractivity contribution in [3.05, 3.63) is 53.6 Å². The number of alkyl halides is 3. The van der Waals surface area contributed by atoms with E-state index in [0.717, 1.165) is 6.07 Å². The summed E-state index contributed by atoms with van der Waals surface area (Å²) in [5.74, 6) is -0.696. The van der Waals surface area contributed by atoms with E-state index >= 15 is 0 Å². The molecule has 148 valence electrons. The molecule has 0 bridgehead atoms. The van der Waals surface area contributed by atoms with Gasteiger partial charge < -0.3 is 9.50 Å².